The molecule has 27 heavy (non-hydrogen) atoms. The van der Waals surface area contributed by atoms with Gasteiger partial charge in [0, 0.05) is 11.8 Å². The van der Waals surface area contributed by atoms with Gasteiger partial charge in [0.1, 0.15) is 0 Å². The lowest BCUT2D eigenvalue weighted by Crippen LogP contribution is -3.00. The SMILES string of the molecule is CCCc1sc[n+](C(N)C(=O)c2nc(CC(=O)OCC)cs2)c1CCC.[Cl-]. The summed E-state index contributed by atoms with van der Waals surface area (Å²) in [6.45, 7) is 6.35. The fourth-order valence-corrected chi connectivity index (χ4v) is 4.63. The Bertz CT molecular complexity index is 761. The maximum atomic E-state index is 12.8. The van der Waals surface area contributed by atoms with Gasteiger partial charge in [-0.2, -0.15) is 4.57 Å². The lowest BCUT2D eigenvalue weighted by Gasteiger charge is -2.06. The molecular formula is C18H26ClN3O3S2. The van der Waals surface area contributed by atoms with E-state index in [9.17, 15) is 9.59 Å². The van der Waals surface area contributed by atoms with Crippen molar-refractivity contribution in [2.45, 2.75) is 59.0 Å². The quantitative estimate of drug-likeness (QED) is 0.321. The van der Waals surface area contributed by atoms with Gasteiger partial charge in [-0.3, -0.25) is 15.3 Å². The van der Waals surface area contributed by atoms with Crippen LogP contribution in [0.15, 0.2) is 10.9 Å². The number of carbonyl (C=O) groups excluding carboxylic acids is 2. The molecule has 1 unspecified atom stereocenters. The summed E-state index contributed by atoms with van der Waals surface area (Å²) >= 11 is 2.87. The van der Waals surface area contributed by atoms with E-state index in [-0.39, 0.29) is 30.6 Å². The summed E-state index contributed by atoms with van der Waals surface area (Å²) in [6.07, 6.45) is 3.22. The van der Waals surface area contributed by atoms with Crippen molar-refractivity contribution >= 4 is 34.4 Å². The fourth-order valence-electron chi connectivity index (χ4n) is 2.68. The Labute approximate surface area is 174 Å². The molecule has 2 N–H and O–H groups in total. The number of halogens is 1. The van der Waals surface area contributed by atoms with Crippen LogP contribution in [0, 0.1) is 0 Å². The van der Waals surface area contributed by atoms with E-state index in [1.807, 2.05) is 10.1 Å². The Balaban J connectivity index is 0.00000364. The maximum absolute atomic E-state index is 12.8. The van der Waals surface area contributed by atoms with Crippen LogP contribution in [0.25, 0.3) is 0 Å². The van der Waals surface area contributed by atoms with Gasteiger partial charge < -0.3 is 17.1 Å². The molecule has 0 aliphatic heterocycles. The summed E-state index contributed by atoms with van der Waals surface area (Å²) in [6, 6.07) is 0. The van der Waals surface area contributed by atoms with Crippen LogP contribution in [0.4, 0.5) is 0 Å². The van der Waals surface area contributed by atoms with Gasteiger partial charge in [0.15, 0.2) is 10.7 Å². The summed E-state index contributed by atoms with van der Waals surface area (Å²) in [7, 11) is 0. The van der Waals surface area contributed by atoms with E-state index < -0.39 is 6.17 Å². The van der Waals surface area contributed by atoms with Gasteiger partial charge in [0.05, 0.1) is 23.6 Å². The van der Waals surface area contributed by atoms with Gasteiger partial charge >= 0.3 is 5.97 Å². The topological polar surface area (TPSA) is 86.2 Å². The van der Waals surface area contributed by atoms with E-state index in [1.54, 1.807) is 23.6 Å². The average molecular weight is 432 g/mol. The first-order chi connectivity index (χ1) is 12.5. The Morgan fingerprint density at radius 1 is 1.22 bits per heavy atom. The molecule has 1 atom stereocenters. The molecular weight excluding hydrogens is 406 g/mol. The van der Waals surface area contributed by atoms with Gasteiger partial charge in [0.2, 0.25) is 5.51 Å². The molecule has 0 saturated heterocycles. The molecule has 0 aliphatic rings. The Morgan fingerprint density at radius 3 is 2.56 bits per heavy atom. The maximum Gasteiger partial charge on any atom is 0.311 e. The summed E-state index contributed by atoms with van der Waals surface area (Å²) in [5.41, 5.74) is 9.88. The first kappa shape index (κ1) is 23.7. The number of ketones is 1. The van der Waals surface area contributed by atoms with Crippen LogP contribution in [0.1, 0.15) is 65.8 Å². The van der Waals surface area contributed by atoms with Crippen LogP contribution in [0.5, 0.6) is 0 Å². The monoisotopic (exact) mass is 431 g/mol. The van der Waals surface area contributed by atoms with E-state index >= 15 is 0 Å². The molecule has 0 aliphatic carbocycles. The second-order valence-electron chi connectivity index (χ2n) is 5.94. The number of nitrogens with two attached hydrogens (primary N) is 1. The van der Waals surface area contributed by atoms with Crippen molar-refractivity contribution in [3.8, 4) is 0 Å². The van der Waals surface area contributed by atoms with E-state index in [4.69, 9.17) is 10.5 Å². The third-order valence-corrected chi connectivity index (χ3v) is 5.83. The zero-order valence-electron chi connectivity index (χ0n) is 15.9. The summed E-state index contributed by atoms with van der Waals surface area (Å²) in [5, 5.41) is 2.04. The lowest BCUT2D eigenvalue weighted by atomic mass is 10.1. The van der Waals surface area contributed by atoms with Crippen LogP contribution in [-0.4, -0.2) is 23.3 Å². The number of hydrogen-bond acceptors (Lipinski definition) is 7. The lowest BCUT2D eigenvalue weighted by molar-refractivity contribution is -0.710. The molecule has 2 rings (SSSR count). The fraction of sp³-hybridized carbons (Fsp3) is 0.556. The molecule has 0 aromatic carbocycles. The minimum Gasteiger partial charge on any atom is -1.00 e. The second kappa shape index (κ2) is 11.5. The van der Waals surface area contributed by atoms with Crippen molar-refractivity contribution in [1.29, 1.82) is 0 Å². The van der Waals surface area contributed by atoms with Gasteiger partial charge in [-0.1, -0.05) is 31.6 Å². The highest BCUT2D eigenvalue weighted by atomic mass is 35.5. The molecule has 6 nitrogen and oxygen atoms in total. The number of Topliss-reactive ketones (excluding diaryl/α,β-unsaturated/α-hetero) is 1. The molecule has 0 saturated carbocycles. The van der Waals surface area contributed by atoms with Gasteiger partial charge in [-0.05, 0) is 19.8 Å². The van der Waals surface area contributed by atoms with E-state index in [2.05, 4.69) is 18.8 Å². The van der Waals surface area contributed by atoms with Crippen molar-refractivity contribution in [3.05, 3.63) is 32.2 Å². The smallest absolute Gasteiger partial charge is 0.311 e. The second-order valence-corrected chi connectivity index (χ2v) is 7.73. The molecule has 2 aromatic rings. The number of aromatic nitrogens is 2. The van der Waals surface area contributed by atoms with Crippen molar-refractivity contribution in [1.82, 2.24) is 4.98 Å². The minimum absolute atomic E-state index is 0. The van der Waals surface area contributed by atoms with E-state index in [1.165, 1.54) is 16.2 Å². The number of rotatable bonds is 10. The normalized spacial score (nSPS) is 11.7. The Kier molecular flexibility index (Phi) is 10.1. The van der Waals surface area contributed by atoms with E-state index in [0.717, 1.165) is 31.4 Å². The number of ether oxygens (including phenoxy) is 1. The third-order valence-electron chi connectivity index (χ3n) is 3.87. The molecule has 0 amide bonds. The molecule has 0 spiro atoms. The molecule has 0 bridgehead atoms. The number of hydrogen-bond donors (Lipinski definition) is 1. The van der Waals surface area contributed by atoms with Crippen molar-refractivity contribution in [2.75, 3.05) is 6.61 Å². The standard InChI is InChI=1S/C18H26N3O3S2.ClH/c1-4-7-13-14(8-5-2)26-11-21(13)17(19)16(23)18-20-12(10-25-18)9-15(22)24-6-3;/h10-11,17H,4-9,19H2,1-3H3;1H/q+1;/p-1. The van der Waals surface area contributed by atoms with Crippen LogP contribution in [-0.2, 0) is 28.8 Å². The highest BCUT2D eigenvalue weighted by molar-refractivity contribution is 7.11. The zero-order chi connectivity index (χ0) is 19.1. The minimum atomic E-state index is -0.792. The zero-order valence-corrected chi connectivity index (χ0v) is 18.3. The molecule has 0 radical (unpaired) electrons. The largest absolute Gasteiger partial charge is 1.00 e. The van der Waals surface area contributed by atoms with Crippen LogP contribution in [0.3, 0.4) is 0 Å². The molecule has 2 aromatic heterocycles. The first-order valence-electron chi connectivity index (χ1n) is 8.91. The van der Waals surface area contributed by atoms with Crippen molar-refractivity contribution in [3.63, 3.8) is 0 Å². The van der Waals surface area contributed by atoms with Gasteiger partial charge in [0.25, 0.3) is 11.9 Å². The summed E-state index contributed by atoms with van der Waals surface area (Å²) in [5.74, 6) is -0.573. The number of nitrogens with zero attached hydrogens (tertiary/aromatic N) is 2. The Hall–Kier alpha value is -1.35. The molecule has 150 valence electrons. The van der Waals surface area contributed by atoms with Crippen molar-refractivity contribution < 1.29 is 31.3 Å². The third kappa shape index (κ3) is 6.07. The predicted octanol–water partition coefficient (Wildman–Crippen LogP) is -0.153. The summed E-state index contributed by atoms with van der Waals surface area (Å²) < 4.78 is 6.80. The summed E-state index contributed by atoms with van der Waals surface area (Å²) in [4.78, 5) is 29.9. The number of aryl methyl sites for hydroxylation is 1. The highest BCUT2D eigenvalue weighted by Gasteiger charge is 2.32. The van der Waals surface area contributed by atoms with E-state index in [0.29, 0.717) is 17.3 Å². The molecule has 2 heterocycles. The van der Waals surface area contributed by atoms with Gasteiger partial charge in [-0.25, -0.2) is 4.98 Å². The Morgan fingerprint density at radius 2 is 1.93 bits per heavy atom. The van der Waals surface area contributed by atoms with Crippen molar-refractivity contribution in [2.24, 2.45) is 5.73 Å². The van der Waals surface area contributed by atoms with Gasteiger partial charge in [-0.15, -0.1) is 11.3 Å². The average Bonchev–Trinajstić information content (AvgIpc) is 3.22. The van der Waals surface area contributed by atoms with Crippen LogP contribution >= 0.6 is 22.7 Å². The molecule has 0 fully saturated rings. The highest BCUT2D eigenvalue weighted by Crippen LogP contribution is 2.19. The first-order valence-corrected chi connectivity index (χ1v) is 10.7. The molecule has 9 heteroatoms. The number of esters is 1. The van der Waals surface area contributed by atoms with Crippen LogP contribution in [0.2, 0.25) is 0 Å². The van der Waals surface area contributed by atoms with Crippen LogP contribution < -0.4 is 22.7 Å². The predicted molar refractivity (Wildman–Crippen MR) is 103 cm³/mol. The number of carbonyl (C=O) groups is 2. The number of thiazole rings is 2.